The van der Waals surface area contributed by atoms with Crippen molar-refractivity contribution >= 4 is 46.3 Å². The Hall–Kier alpha value is -2.05. The molecule has 6 nitrogen and oxygen atoms in total. The molecule has 3 N–H and O–H groups in total. The van der Waals surface area contributed by atoms with Crippen LogP contribution >= 0.6 is 23.2 Å². The number of aromatic nitrogens is 2. The largest absolute Gasteiger partial charge is 0.399 e. The van der Waals surface area contributed by atoms with E-state index < -0.39 is 0 Å². The van der Waals surface area contributed by atoms with Crippen molar-refractivity contribution in [2.45, 2.75) is 0 Å². The van der Waals surface area contributed by atoms with Crippen LogP contribution in [0.25, 0.3) is 0 Å². The summed E-state index contributed by atoms with van der Waals surface area (Å²) in [5, 5.41) is 2.76. The van der Waals surface area contributed by atoms with Crippen LogP contribution < -0.4 is 16.0 Å². The van der Waals surface area contributed by atoms with Gasteiger partial charge < -0.3 is 16.0 Å². The van der Waals surface area contributed by atoms with Gasteiger partial charge in [0, 0.05) is 25.5 Å². The third kappa shape index (κ3) is 3.34. The summed E-state index contributed by atoms with van der Waals surface area (Å²) in [7, 11) is 3.66. The first-order chi connectivity index (χ1) is 9.90. The summed E-state index contributed by atoms with van der Waals surface area (Å²) in [5.41, 5.74) is 7.35. The molecule has 1 aromatic carbocycles. The third-order valence-corrected chi connectivity index (χ3v) is 3.47. The third-order valence-electron chi connectivity index (χ3n) is 2.73. The summed E-state index contributed by atoms with van der Waals surface area (Å²) < 4.78 is 0. The van der Waals surface area contributed by atoms with Gasteiger partial charge in [0.05, 0.1) is 5.56 Å². The average molecular weight is 326 g/mol. The molecule has 0 saturated heterocycles. The lowest BCUT2D eigenvalue weighted by Gasteiger charge is -2.17. The highest BCUT2D eigenvalue weighted by molar-refractivity contribution is 6.43. The van der Waals surface area contributed by atoms with Gasteiger partial charge in [-0.1, -0.05) is 23.2 Å². The Morgan fingerprint density at radius 1 is 1.29 bits per heavy atom. The molecule has 0 spiro atoms. The number of anilines is 3. The SMILES string of the molecule is CN(C)c1ccc(N)cc1C(=O)Nc1ncnc(Cl)c1Cl. The van der Waals surface area contributed by atoms with Crippen molar-refractivity contribution < 1.29 is 4.79 Å². The number of nitrogens with two attached hydrogens (primary N) is 1. The van der Waals surface area contributed by atoms with E-state index in [2.05, 4.69) is 15.3 Å². The lowest BCUT2D eigenvalue weighted by atomic mass is 10.1. The van der Waals surface area contributed by atoms with Crippen LogP contribution in [-0.4, -0.2) is 30.0 Å². The predicted octanol–water partition coefficient (Wildman–Crippen LogP) is 2.68. The van der Waals surface area contributed by atoms with Crippen LogP contribution in [0, 0.1) is 0 Å². The van der Waals surface area contributed by atoms with E-state index in [0.29, 0.717) is 11.3 Å². The average Bonchev–Trinajstić information content (AvgIpc) is 2.43. The van der Waals surface area contributed by atoms with Crippen molar-refractivity contribution in [3.8, 4) is 0 Å². The Morgan fingerprint density at radius 2 is 2.00 bits per heavy atom. The molecule has 0 unspecified atom stereocenters. The minimum absolute atomic E-state index is 0.0716. The molecule has 0 fully saturated rings. The molecular formula is C13H13Cl2N5O. The second kappa shape index (κ2) is 6.15. The van der Waals surface area contributed by atoms with E-state index in [0.717, 1.165) is 5.69 Å². The quantitative estimate of drug-likeness (QED) is 0.669. The highest BCUT2D eigenvalue weighted by Crippen LogP contribution is 2.27. The minimum Gasteiger partial charge on any atom is -0.399 e. The number of rotatable bonds is 3. The highest BCUT2D eigenvalue weighted by atomic mass is 35.5. The van der Waals surface area contributed by atoms with Crippen molar-refractivity contribution in [3.05, 3.63) is 40.3 Å². The number of nitrogen functional groups attached to an aromatic ring is 1. The van der Waals surface area contributed by atoms with E-state index in [1.165, 1.54) is 6.33 Å². The molecule has 0 bridgehead atoms. The maximum Gasteiger partial charge on any atom is 0.259 e. The molecule has 0 radical (unpaired) electrons. The standard InChI is InChI=1S/C13H13Cl2N5O/c1-20(2)9-4-3-7(16)5-8(9)13(21)19-12-10(14)11(15)17-6-18-12/h3-6H,16H2,1-2H3,(H,17,18,19,21). The Balaban J connectivity index is 2.37. The predicted molar refractivity (Wildman–Crippen MR) is 85.2 cm³/mol. The molecule has 110 valence electrons. The number of carbonyl (C=O) groups excluding carboxylic acids is 1. The number of hydrogen-bond acceptors (Lipinski definition) is 5. The Kier molecular flexibility index (Phi) is 4.50. The normalized spacial score (nSPS) is 10.3. The first-order valence-corrected chi connectivity index (χ1v) is 6.70. The van der Waals surface area contributed by atoms with Gasteiger partial charge in [0.2, 0.25) is 0 Å². The van der Waals surface area contributed by atoms with Crippen LogP contribution in [0.3, 0.4) is 0 Å². The Bertz CT molecular complexity index is 690. The monoisotopic (exact) mass is 325 g/mol. The lowest BCUT2D eigenvalue weighted by Crippen LogP contribution is -2.19. The molecule has 0 aliphatic heterocycles. The molecule has 0 aliphatic rings. The summed E-state index contributed by atoms with van der Waals surface area (Å²) in [5.74, 6) is -0.239. The summed E-state index contributed by atoms with van der Waals surface area (Å²) in [6, 6.07) is 5.07. The van der Waals surface area contributed by atoms with Crippen molar-refractivity contribution in [2.24, 2.45) is 0 Å². The molecule has 1 aromatic heterocycles. The number of amides is 1. The smallest absolute Gasteiger partial charge is 0.259 e. The topological polar surface area (TPSA) is 84.1 Å². The summed E-state index contributed by atoms with van der Waals surface area (Å²) in [4.78, 5) is 21.8. The van der Waals surface area contributed by atoms with Crippen LogP contribution in [0.15, 0.2) is 24.5 Å². The molecule has 0 aliphatic carbocycles. The zero-order valence-electron chi connectivity index (χ0n) is 11.4. The van der Waals surface area contributed by atoms with Crippen LogP contribution in [0.4, 0.5) is 17.2 Å². The Morgan fingerprint density at radius 3 is 2.67 bits per heavy atom. The fraction of sp³-hybridized carbons (Fsp3) is 0.154. The van der Waals surface area contributed by atoms with Gasteiger partial charge in [-0.3, -0.25) is 4.79 Å². The molecule has 0 atom stereocenters. The summed E-state index contributed by atoms with van der Waals surface area (Å²) in [6.07, 6.45) is 1.22. The van der Waals surface area contributed by atoms with Gasteiger partial charge in [-0.25, -0.2) is 9.97 Å². The van der Waals surface area contributed by atoms with Crippen LogP contribution in [0.1, 0.15) is 10.4 Å². The summed E-state index contributed by atoms with van der Waals surface area (Å²) in [6.45, 7) is 0. The van der Waals surface area contributed by atoms with E-state index in [9.17, 15) is 4.79 Å². The molecule has 0 saturated carbocycles. The van der Waals surface area contributed by atoms with Crippen LogP contribution in [-0.2, 0) is 0 Å². The van der Waals surface area contributed by atoms with Crippen molar-refractivity contribution in [1.82, 2.24) is 9.97 Å². The maximum atomic E-state index is 12.4. The van der Waals surface area contributed by atoms with Crippen molar-refractivity contribution in [3.63, 3.8) is 0 Å². The van der Waals surface area contributed by atoms with Crippen LogP contribution in [0.5, 0.6) is 0 Å². The second-order valence-corrected chi connectivity index (χ2v) is 5.19. The fourth-order valence-electron chi connectivity index (χ4n) is 1.74. The van der Waals surface area contributed by atoms with E-state index in [1.807, 2.05) is 19.0 Å². The minimum atomic E-state index is -0.386. The molecule has 21 heavy (non-hydrogen) atoms. The zero-order chi connectivity index (χ0) is 15.6. The molecule has 1 heterocycles. The number of hydrogen-bond donors (Lipinski definition) is 2. The van der Waals surface area contributed by atoms with E-state index >= 15 is 0 Å². The maximum absolute atomic E-state index is 12.4. The van der Waals surface area contributed by atoms with Gasteiger partial charge in [-0.2, -0.15) is 0 Å². The first kappa shape index (κ1) is 15.3. The molecule has 2 aromatic rings. The lowest BCUT2D eigenvalue weighted by molar-refractivity contribution is 0.102. The second-order valence-electron chi connectivity index (χ2n) is 4.45. The van der Waals surface area contributed by atoms with E-state index in [4.69, 9.17) is 28.9 Å². The highest BCUT2D eigenvalue weighted by Gasteiger charge is 2.16. The van der Waals surface area contributed by atoms with Gasteiger partial charge in [-0.15, -0.1) is 0 Å². The number of benzene rings is 1. The fourth-order valence-corrected chi connectivity index (χ4v) is 2.01. The van der Waals surface area contributed by atoms with E-state index in [-0.39, 0.29) is 21.9 Å². The summed E-state index contributed by atoms with van der Waals surface area (Å²) >= 11 is 11.7. The van der Waals surface area contributed by atoms with Gasteiger partial charge in [0.1, 0.15) is 11.3 Å². The van der Waals surface area contributed by atoms with Crippen molar-refractivity contribution in [1.29, 1.82) is 0 Å². The number of halogens is 2. The van der Waals surface area contributed by atoms with Crippen molar-refractivity contribution in [2.75, 3.05) is 30.0 Å². The van der Waals surface area contributed by atoms with Gasteiger partial charge >= 0.3 is 0 Å². The number of nitrogens with zero attached hydrogens (tertiary/aromatic N) is 3. The molecule has 2 rings (SSSR count). The zero-order valence-corrected chi connectivity index (χ0v) is 12.9. The Labute approximate surface area is 131 Å². The first-order valence-electron chi connectivity index (χ1n) is 5.94. The molecule has 8 heteroatoms. The van der Waals surface area contributed by atoms with E-state index in [1.54, 1.807) is 18.2 Å². The number of carbonyl (C=O) groups is 1. The van der Waals surface area contributed by atoms with Gasteiger partial charge in [0.25, 0.3) is 5.91 Å². The molecule has 1 amide bonds. The number of nitrogens with one attached hydrogen (secondary N) is 1. The van der Waals surface area contributed by atoms with Gasteiger partial charge in [0.15, 0.2) is 11.0 Å². The van der Waals surface area contributed by atoms with Crippen LogP contribution in [0.2, 0.25) is 10.2 Å². The molecular weight excluding hydrogens is 313 g/mol. The van der Waals surface area contributed by atoms with Gasteiger partial charge in [-0.05, 0) is 18.2 Å².